The van der Waals surface area contributed by atoms with E-state index in [0.717, 1.165) is 44.5 Å². The molecule has 3 nitrogen and oxygen atoms in total. The molecule has 0 heterocycles. The van der Waals surface area contributed by atoms with Crippen molar-refractivity contribution in [2.24, 2.45) is 0 Å². The van der Waals surface area contributed by atoms with E-state index in [-0.39, 0.29) is 5.97 Å². The molecule has 0 saturated heterocycles. The number of unbranched alkanes of at least 4 members (excludes halogenated alkanes) is 10. The summed E-state index contributed by atoms with van der Waals surface area (Å²) in [5, 5.41) is 0. The van der Waals surface area contributed by atoms with Crippen LogP contribution in [0.3, 0.4) is 0 Å². The van der Waals surface area contributed by atoms with Gasteiger partial charge in [-0.2, -0.15) is 0 Å². The zero-order chi connectivity index (χ0) is 26.7. The van der Waals surface area contributed by atoms with Crippen molar-refractivity contribution in [2.75, 3.05) is 13.2 Å². The van der Waals surface area contributed by atoms with Gasteiger partial charge in [-0.1, -0.05) is 113 Å². The van der Waals surface area contributed by atoms with Crippen LogP contribution in [0.1, 0.15) is 99.9 Å². The summed E-state index contributed by atoms with van der Waals surface area (Å²) >= 11 is 0. The van der Waals surface area contributed by atoms with Crippen molar-refractivity contribution < 1.29 is 14.3 Å². The molecule has 0 atom stereocenters. The molecule has 3 aromatic rings. The molecule has 0 unspecified atom stereocenters. The predicted molar refractivity (Wildman–Crippen MR) is 157 cm³/mol. The molecule has 3 heteroatoms. The van der Waals surface area contributed by atoms with Crippen molar-refractivity contribution >= 4 is 5.97 Å². The van der Waals surface area contributed by atoms with Crippen LogP contribution in [0, 0.1) is 12.1 Å². The van der Waals surface area contributed by atoms with Crippen LogP contribution in [0.15, 0.2) is 66.7 Å². The Kier molecular flexibility index (Phi) is 14.1. The predicted octanol–water partition coefficient (Wildman–Crippen LogP) is 9.43. The monoisotopic (exact) mass is 512 g/mol. The molecule has 0 aliphatic heterocycles. The molecule has 0 aromatic heterocycles. The van der Waals surface area contributed by atoms with E-state index in [4.69, 9.17) is 9.47 Å². The number of carbonyl (C=O) groups is 1. The summed E-state index contributed by atoms with van der Waals surface area (Å²) in [6.07, 6.45) is 15.7. The summed E-state index contributed by atoms with van der Waals surface area (Å²) in [7, 11) is 0. The summed E-state index contributed by atoms with van der Waals surface area (Å²) in [6.45, 7) is 3.48. The van der Waals surface area contributed by atoms with Gasteiger partial charge in [-0.05, 0) is 72.7 Å². The van der Waals surface area contributed by atoms with Gasteiger partial charge in [-0.25, -0.2) is 4.79 Å². The molecule has 0 spiro atoms. The van der Waals surface area contributed by atoms with Crippen LogP contribution < -0.4 is 4.74 Å². The topological polar surface area (TPSA) is 35.5 Å². The maximum absolute atomic E-state index is 11.8. The lowest BCUT2D eigenvalue weighted by Gasteiger charge is -2.08. The van der Waals surface area contributed by atoms with Crippen LogP contribution in [0.25, 0.3) is 11.1 Å². The highest BCUT2D eigenvalue weighted by molar-refractivity contribution is 5.88. The number of carbonyl (C=O) groups excluding carboxylic acids is 1. The molecule has 0 bridgehead atoms. The molecule has 202 valence electrons. The standard InChI is InChI=1S/C35H44O3/c1-2-3-4-5-8-12-17-30-20-22-31(23-21-30)32-24-26-34(27-25-32)37-28-15-9-6-7-10-16-29-38-35(36)33-18-13-11-14-19-33/h11,13,19-27H,2-10,12,15-17,28-29H2,1H3. The molecular formula is C35H44O3. The van der Waals surface area contributed by atoms with E-state index < -0.39 is 0 Å². The van der Waals surface area contributed by atoms with Crippen molar-refractivity contribution in [2.45, 2.75) is 90.4 Å². The van der Waals surface area contributed by atoms with E-state index in [2.05, 4.69) is 67.6 Å². The molecule has 0 aliphatic carbocycles. The lowest BCUT2D eigenvalue weighted by atomic mass is 10.0. The molecule has 38 heavy (non-hydrogen) atoms. The van der Waals surface area contributed by atoms with Gasteiger partial charge in [0.1, 0.15) is 5.75 Å². The molecule has 3 rings (SSSR count). The number of benzene rings is 3. The highest BCUT2D eigenvalue weighted by Gasteiger charge is 2.05. The summed E-state index contributed by atoms with van der Waals surface area (Å²) in [6, 6.07) is 28.2. The first-order valence-corrected chi connectivity index (χ1v) is 14.6. The van der Waals surface area contributed by atoms with Crippen LogP contribution in [-0.4, -0.2) is 19.2 Å². The third-order valence-corrected chi connectivity index (χ3v) is 6.87. The molecule has 2 radical (unpaired) electrons. The zero-order valence-corrected chi connectivity index (χ0v) is 23.2. The number of aryl methyl sites for hydroxylation is 1. The van der Waals surface area contributed by atoms with Crippen LogP contribution in [0.4, 0.5) is 0 Å². The van der Waals surface area contributed by atoms with E-state index in [1.807, 2.05) is 0 Å². The maximum atomic E-state index is 11.8. The van der Waals surface area contributed by atoms with E-state index in [0.29, 0.717) is 12.2 Å². The first-order chi connectivity index (χ1) is 18.8. The van der Waals surface area contributed by atoms with Crippen molar-refractivity contribution in [1.82, 2.24) is 0 Å². The van der Waals surface area contributed by atoms with Crippen LogP contribution in [0.2, 0.25) is 0 Å². The van der Waals surface area contributed by atoms with Gasteiger partial charge in [0.05, 0.1) is 18.8 Å². The van der Waals surface area contributed by atoms with E-state index in [9.17, 15) is 4.79 Å². The van der Waals surface area contributed by atoms with Gasteiger partial charge in [0.15, 0.2) is 0 Å². The fourth-order valence-electron chi connectivity index (χ4n) is 4.53. The fourth-order valence-corrected chi connectivity index (χ4v) is 4.53. The maximum Gasteiger partial charge on any atom is 0.338 e. The number of ether oxygens (including phenoxy) is 2. The van der Waals surface area contributed by atoms with Gasteiger partial charge in [0.25, 0.3) is 0 Å². The van der Waals surface area contributed by atoms with Crippen molar-refractivity contribution in [3.8, 4) is 16.9 Å². The number of rotatable bonds is 19. The van der Waals surface area contributed by atoms with Crippen molar-refractivity contribution in [3.63, 3.8) is 0 Å². The molecule has 0 N–H and O–H groups in total. The lowest BCUT2D eigenvalue weighted by molar-refractivity contribution is 0.0497. The summed E-state index contributed by atoms with van der Waals surface area (Å²) < 4.78 is 11.2. The minimum absolute atomic E-state index is 0.316. The average Bonchev–Trinajstić information content (AvgIpc) is 2.97. The van der Waals surface area contributed by atoms with Gasteiger partial charge in [-0.3, -0.25) is 0 Å². The molecular weight excluding hydrogens is 468 g/mol. The lowest BCUT2D eigenvalue weighted by Crippen LogP contribution is -2.06. The van der Waals surface area contributed by atoms with Crippen LogP contribution in [-0.2, 0) is 11.2 Å². The highest BCUT2D eigenvalue weighted by Crippen LogP contribution is 2.23. The minimum atomic E-state index is -0.316. The number of hydrogen-bond donors (Lipinski definition) is 0. The highest BCUT2D eigenvalue weighted by atomic mass is 16.5. The quantitative estimate of drug-likeness (QED) is 0.118. The van der Waals surface area contributed by atoms with Gasteiger partial charge in [0, 0.05) is 0 Å². The van der Waals surface area contributed by atoms with Gasteiger partial charge < -0.3 is 9.47 Å². The van der Waals surface area contributed by atoms with Gasteiger partial charge in [0.2, 0.25) is 0 Å². The second kappa shape index (κ2) is 18.2. The Morgan fingerprint density at radius 1 is 0.684 bits per heavy atom. The summed E-state index contributed by atoms with van der Waals surface area (Å²) in [4.78, 5) is 11.8. The zero-order valence-electron chi connectivity index (χ0n) is 23.2. The minimum Gasteiger partial charge on any atom is -0.494 e. The normalized spacial score (nSPS) is 10.9. The molecule has 0 amide bonds. The molecule has 0 saturated carbocycles. The van der Waals surface area contributed by atoms with Gasteiger partial charge >= 0.3 is 5.97 Å². The van der Waals surface area contributed by atoms with Crippen LogP contribution >= 0.6 is 0 Å². The smallest absolute Gasteiger partial charge is 0.338 e. The van der Waals surface area contributed by atoms with Crippen molar-refractivity contribution in [1.29, 1.82) is 0 Å². The number of hydrogen-bond acceptors (Lipinski definition) is 3. The third-order valence-electron chi connectivity index (χ3n) is 6.87. The third kappa shape index (κ3) is 11.5. The van der Waals surface area contributed by atoms with E-state index >= 15 is 0 Å². The Morgan fingerprint density at radius 2 is 1.29 bits per heavy atom. The van der Waals surface area contributed by atoms with E-state index in [1.165, 1.54) is 68.1 Å². The second-order valence-corrected chi connectivity index (χ2v) is 10.0. The second-order valence-electron chi connectivity index (χ2n) is 10.0. The summed E-state index contributed by atoms with van der Waals surface area (Å²) in [5.74, 6) is 0.618. The Bertz CT molecular complexity index is 1010. The summed E-state index contributed by atoms with van der Waals surface area (Å²) in [5.41, 5.74) is 4.37. The SMILES string of the molecule is CCCCCCCCc1ccc(-c2ccc(OCCCCCCCCOC(=O)c3[c]cc[c]c3)cc2)cc1. The molecule has 3 aromatic carbocycles. The number of esters is 1. The van der Waals surface area contributed by atoms with Crippen LogP contribution in [0.5, 0.6) is 5.75 Å². The average molecular weight is 513 g/mol. The first-order valence-electron chi connectivity index (χ1n) is 14.6. The Hall–Kier alpha value is -3.07. The Labute approximate surface area is 230 Å². The largest absolute Gasteiger partial charge is 0.494 e. The Balaban J connectivity index is 1.21. The Morgan fingerprint density at radius 3 is 1.95 bits per heavy atom. The van der Waals surface area contributed by atoms with E-state index in [1.54, 1.807) is 18.2 Å². The van der Waals surface area contributed by atoms with Crippen molar-refractivity contribution in [3.05, 3.63) is 90.0 Å². The van der Waals surface area contributed by atoms with Gasteiger partial charge in [-0.15, -0.1) is 0 Å². The first kappa shape index (κ1) is 29.5. The molecule has 0 fully saturated rings. The molecule has 0 aliphatic rings. The fraction of sp³-hybridized carbons (Fsp3) is 0.457.